The van der Waals surface area contributed by atoms with Gasteiger partial charge in [-0.1, -0.05) is 19.1 Å². The first-order chi connectivity index (χ1) is 9.81. The highest BCUT2D eigenvalue weighted by molar-refractivity contribution is 7.89. The first-order valence-electron chi connectivity index (χ1n) is 6.51. The molecule has 6 heteroatoms. The number of primary sulfonamides is 1. The van der Waals surface area contributed by atoms with Crippen molar-refractivity contribution in [3.63, 3.8) is 0 Å². The Labute approximate surface area is 124 Å². The van der Waals surface area contributed by atoms with E-state index in [1.54, 1.807) is 19.1 Å². The number of hydrogen-bond donors (Lipinski definition) is 2. The number of nitrogen functional groups attached to an aromatic ring is 1. The zero-order valence-electron chi connectivity index (χ0n) is 12.0. The minimum atomic E-state index is -3.84. The number of anilines is 1. The van der Waals surface area contributed by atoms with Crippen LogP contribution in [0.5, 0.6) is 11.5 Å². The van der Waals surface area contributed by atoms with Gasteiger partial charge in [-0.05, 0) is 37.1 Å². The molecule has 0 bridgehead atoms. The van der Waals surface area contributed by atoms with Crippen LogP contribution in [0.2, 0.25) is 0 Å². The van der Waals surface area contributed by atoms with Gasteiger partial charge in [-0.15, -0.1) is 0 Å². The lowest BCUT2D eigenvalue weighted by Crippen LogP contribution is -2.14. The summed E-state index contributed by atoms with van der Waals surface area (Å²) in [5.41, 5.74) is 7.58. The van der Waals surface area contributed by atoms with Crippen LogP contribution in [0.25, 0.3) is 0 Å². The van der Waals surface area contributed by atoms with Crippen LogP contribution in [0.3, 0.4) is 0 Å². The minimum absolute atomic E-state index is 0.0239. The average molecular weight is 306 g/mol. The summed E-state index contributed by atoms with van der Waals surface area (Å²) in [5.74, 6) is 1.01. The van der Waals surface area contributed by atoms with E-state index in [-0.39, 0.29) is 10.6 Å². The molecule has 0 radical (unpaired) electrons. The van der Waals surface area contributed by atoms with Gasteiger partial charge < -0.3 is 10.5 Å². The zero-order valence-corrected chi connectivity index (χ0v) is 12.8. The van der Waals surface area contributed by atoms with Gasteiger partial charge in [0.2, 0.25) is 10.0 Å². The summed E-state index contributed by atoms with van der Waals surface area (Å²) in [6, 6.07) is 10.5. The molecule has 0 saturated carbocycles. The number of benzene rings is 2. The van der Waals surface area contributed by atoms with E-state index in [4.69, 9.17) is 15.6 Å². The zero-order chi connectivity index (χ0) is 15.6. The monoisotopic (exact) mass is 306 g/mol. The summed E-state index contributed by atoms with van der Waals surface area (Å²) in [6.45, 7) is 3.68. The highest BCUT2D eigenvalue weighted by atomic mass is 32.2. The van der Waals surface area contributed by atoms with Crippen LogP contribution in [0.1, 0.15) is 18.1 Å². The highest BCUT2D eigenvalue weighted by Gasteiger charge is 2.16. The van der Waals surface area contributed by atoms with Crippen LogP contribution in [-0.4, -0.2) is 8.42 Å². The fraction of sp³-hybridized carbons (Fsp3) is 0.200. The van der Waals surface area contributed by atoms with Gasteiger partial charge in [0.25, 0.3) is 0 Å². The Hall–Kier alpha value is -2.05. The van der Waals surface area contributed by atoms with Gasteiger partial charge >= 0.3 is 0 Å². The predicted octanol–water partition coefficient (Wildman–Crippen LogP) is 2.58. The Balaban J connectivity index is 2.47. The van der Waals surface area contributed by atoms with Gasteiger partial charge in [0.05, 0.1) is 4.90 Å². The molecule has 0 aliphatic heterocycles. The molecule has 112 valence electrons. The number of sulfonamides is 1. The topological polar surface area (TPSA) is 95.4 Å². The third-order valence-corrected chi connectivity index (χ3v) is 4.21. The fourth-order valence-electron chi connectivity index (χ4n) is 2.04. The Kier molecular flexibility index (Phi) is 4.20. The molecule has 0 amide bonds. The normalized spacial score (nSPS) is 11.4. The largest absolute Gasteiger partial charge is 0.457 e. The molecule has 0 aliphatic rings. The highest BCUT2D eigenvalue weighted by Crippen LogP contribution is 2.32. The lowest BCUT2D eigenvalue weighted by atomic mass is 10.1. The summed E-state index contributed by atoms with van der Waals surface area (Å²) < 4.78 is 28.9. The fourth-order valence-corrected chi connectivity index (χ4v) is 2.87. The van der Waals surface area contributed by atoms with Crippen LogP contribution in [0, 0.1) is 6.92 Å². The van der Waals surface area contributed by atoms with Crippen LogP contribution in [-0.2, 0) is 16.4 Å². The van der Waals surface area contributed by atoms with Gasteiger partial charge in [-0.25, -0.2) is 13.6 Å². The van der Waals surface area contributed by atoms with E-state index in [1.807, 2.05) is 25.1 Å². The van der Waals surface area contributed by atoms with Crippen LogP contribution < -0.4 is 15.6 Å². The number of ether oxygens (including phenoxy) is 1. The lowest BCUT2D eigenvalue weighted by Gasteiger charge is -2.13. The SMILES string of the molecule is CCc1cccc(Oc2cc(N)cc(S(N)(=O)=O)c2C)c1. The number of hydrogen-bond acceptors (Lipinski definition) is 4. The number of nitrogens with two attached hydrogens (primary N) is 2. The average Bonchev–Trinajstić information content (AvgIpc) is 2.41. The van der Waals surface area contributed by atoms with Crippen molar-refractivity contribution >= 4 is 15.7 Å². The molecule has 5 nitrogen and oxygen atoms in total. The van der Waals surface area contributed by atoms with Crippen molar-refractivity contribution in [3.05, 3.63) is 47.5 Å². The van der Waals surface area contributed by atoms with Gasteiger partial charge in [-0.2, -0.15) is 0 Å². The first-order valence-corrected chi connectivity index (χ1v) is 8.05. The maximum Gasteiger partial charge on any atom is 0.238 e. The molecule has 0 spiro atoms. The predicted molar refractivity (Wildman–Crippen MR) is 82.9 cm³/mol. The molecule has 0 heterocycles. The second-order valence-electron chi connectivity index (χ2n) is 4.79. The Bertz CT molecular complexity index is 770. The van der Waals surface area contributed by atoms with Gasteiger partial charge in [0.15, 0.2) is 0 Å². The summed E-state index contributed by atoms with van der Waals surface area (Å²) >= 11 is 0. The lowest BCUT2D eigenvalue weighted by molar-refractivity contribution is 0.476. The second-order valence-corrected chi connectivity index (χ2v) is 6.32. The van der Waals surface area contributed by atoms with Crippen molar-refractivity contribution in [3.8, 4) is 11.5 Å². The summed E-state index contributed by atoms with van der Waals surface area (Å²) in [6.07, 6.45) is 0.884. The van der Waals surface area contributed by atoms with E-state index in [9.17, 15) is 8.42 Å². The Morgan fingerprint density at radius 1 is 1.19 bits per heavy atom. The van der Waals surface area contributed by atoms with E-state index in [2.05, 4.69) is 0 Å². The molecule has 2 aromatic carbocycles. The van der Waals surface area contributed by atoms with Crippen molar-refractivity contribution in [1.29, 1.82) is 0 Å². The van der Waals surface area contributed by atoms with Gasteiger partial charge in [0.1, 0.15) is 11.5 Å². The van der Waals surface area contributed by atoms with Crippen LogP contribution in [0.15, 0.2) is 41.3 Å². The van der Waals surface area contributed by atoms with Gasteiger partial charge in [-0.3, -0.25) is 0 Å². The smallest absolute Gasteiger partial charge is 0.238 e. The van der Waals surface area contributed by atoms with Crippen molar-refractivity contribution in [1.82, 2.24) is 0 Å². The van der Waals surface area contributed by atoms with Gasteiger partial charge in [0, 0.05) is 17.3 Å². The molecule has 21 heavy (non-hydrogen) atoms. The Morgan fingerprint density at radius 3 is 2.52 bits per heavy atom. The maximum absolute atomic E-state index is 11.6. The van der Waals surface area contributed by atoms with E-state index < -0.39 is 10.0 Å². The first kappa shape index (κ1) is 15.3. The maximum atomic E-state index is 11.6. The summed E-state index contributed by atoms with van der Waals surface area (Å²) in [4.78, 5) is -0.0239. The molecular weight excluding hydrogens is 288 g/mol. The molecule has 4 N–H and O–H groups in total. The third-order valence-electron chi connectivity index (χ3n) is 3.18. The molecule has 0 aliphatic carbocycles. The van der Waals surface area contributed by atoms with Crippen molar-refractivity contribution in [2.24, 2.45) is 5.14 Å². The third kappa shape index (κ3) is 3.53. The quantitative estimate of drug-likeness (QED) is 0.849. The van der Waals surface area contributed by atoms with Crippen LogP contribution >= 0.6 is 0 Å². The van der Waals surface area contributed by atoms with E-state index >= 15 is 0 Å². The number of rotatable bonds is 4. The van der Waals surface area contributed by atoms with Crippen molar-refractivity contribution in [2.45, 2.75) is 25.2 Å². The van der Waals surface area contributed by atoms with E-state index in [1.165, 1.54) is 6.07 Å². The minimum Gasteiger partial charge on any atom is -0.457 e. The second kappa shape index (κ2) is 5.75. The van der Waals surface area contributed by atoms with Crippen molar-refractivity contribution in [2.75, 3.05) is 5.73 Å². The molecule has 0 aromatic heterocycles. The van der Waals surface area contributed by atoms with Crippen LogP contribution in [0.4, 0.5) is 5.69 Å². The Morgan fingerprint density at radius 2 is 1.90 bits per heavy atom. The summed E-state index contributed by atoms with van der Waals surface area (Å²) in [5, 5.41) is 5.20. The number of aryl methyl sites for hydroxylation is 1. The standard InChI is InChI=1S/C15H18N2O3S/c1-3-11-5-4-6-13(7-11)20-14-8-12(16)9-15(10(14)2)21(17,18)19/h4-9H,3,16H2,1-2H3,(H2,17,18,19). The van der Waals surface area contributed by atoms with Crippen molar-refractivity contribution < 1.29 is 13.2 Å². The molecular formula is C15H18N2O3S. The molecule has 2 aromatic rings. The van der Waals surface area contributed by atoms with E-state index in [0.717, 1.165) is 12.0 Å². The van der Waals surface area contributed by atoms with E-state index in [0.29, 0.717) is 17.1 Å². The molecule has 0 saturated heterocycles. The molecule has 0 fully saturated rings. The summed E-state index contributed by atoms with van der Waals surface area (Å²) in [7, 11) is -3.84. The molecule has 0 unspecified atom stereocenters. The molecule has 2 rings (SSSR count). The molecule has 0 atom stereocenters.